The smallest absolute Gasteiger partial charge is 0.261 e. The van der Waals surface area contributed by atoms with E-state index in [0.29, 0.717) is 49.2 Å². The summed E-state index contributed by atoms with van der Waals surface area (Å²) in [4.78, 5) is 19.5. The normalized spacial score (nSPS) is 22.8. The molecule has 0 bridgehead atoms. The van der Waals surface area contributed by atoms with Crippen molar-refractivity contribution in [2.45, 2.75) is 38.3 Å². The van der Waals surface area contributed by atoms with E-state index in [1.807, 2.05) is 0 Å². The molecule has 1 unspecified atom stereocenters. The Morgan fingerprint density at radius 2 is 1.93 bits per heavy atom. The minimum Gasteiger partial charge on any atom is -0.292 e. The number of benzene rings is 1. The number of nitrogens with zero attached hydrogens (tertiary/aromatic N) is 4. The lowest BCUT2D eigenvalue weighted by Gasteiger charge is -2.28. The van der Waals surface area contributed by atoms with Crippen LogP contribution < -0.4 is 5.56 Å². The molecule has 7 nitrogen and oxygen atoms in total. The molecule has 3 heterocycles. The maximum Gasteiger partial charge on any atom is 0.261 e. The molecule has 4 rings (SSSR count). The van der Waals surface area contributed by atoms with Gasteiger partial charge in [-0.1, -0.05) is 12.1 Å². The van der Waals surface area contributed by atoms with Crippen LogP contribution in [0.2, 0.25) is 0 Å². The van der Waals surface area contributed by atoms with E-state index >= 15 is 0 Å². The number of sulfonamides is 1. The van der Waals surface area contributed by atoms with E-state index in [9.17, 15) is 22.0 Å². The van der Waals surface area contributed by atoms with Crippen LogP contribution in [0.15, 0.2) is 29.1 Å². The fraction of sp³-hybridized carbons (Fsp3) is 0.579. The minimum atomic E-state index is -3.18. The highest BCUT2D eigenvalue weighted by Crippen LogP contribution is 2.31. The lowest BCUT2D eigenvalue weighted by molar-refractivity contribution is 0.120. The zero-order valence-electron chi connectivity index (χ0n) is 16.0. The molecule has 0 radical (unpaired) electrons. The fourth-order valence-electron chi connectivity index (χ4n) is 4.32. The number of hydrogen-bond donors (Lipinski definition) is 0. The van der Waals surface area contributed by atoms with Crippen LogP contribution in [-0.4, -0.2) is 65.5 Å². The highest BCUT2D eigenvalue weighted by atomic mass is 32.2. The maximum atomic E-state index is 13.2. The largest absolute Gasteiger partial charge is 0.292 e. The van der Waals surface area contributed by atoms with Gasteiger partial charge >= 0.3 is 0 Å². The van der Waals surface area contributed by atoms with Gasteiger partial charge in [-0.2, -0.15) is 0 Å². The molecule has 1 atom stereocenters. The Bertz CT molecular complexity index is 1060. The van der Waals surface area contributed by atoms with Crippen molar-refractivity contribution < 1.29 is 17.2 Å². The second kappa shape index (κ2) is 8.08. The third-order valence-electron chi connectivity index (χ3n) is 5.71. The van der Waals surface area contributed by atoms with Crippen molar-refractivity contribution in [1.29, 1.82) is 0 Å². The van der Waals surface area contributed by atoms with Crippen LogP contribution in [0.5, 0.6) is 0 Å². The fourth-order valence-corrected chi connectivity index (χ4v) is 5.84. The van der Waals surface area contributed by atoms with Crippen LogP contribution in [0.25, 0.3) is 10.9 Å². The van der Waals surface area contributed by atoms with E-state index in [1.165, 1.54) is 4.31 Å². The average Bonchev–Trinajstić information content (AvgIpc) is 3.27. The van der Waals surface area contributed by atoms with Crippen LogP contribution in [0.3, 0.4) is 0 Å². The number of likely N-dealkylation sites (tertiary alicyclic amines) is 1. The van der Waals surface area contributed by atoms with E-state index in [4.69, 9.17) is 0 Å². The second-order valence-corrected chi connectivity index (χ2v) is 9.65. The standard InChI is InChI=1S/C19H24F2N4O3S/c20-17(21)13-25-18(22-15-6-2-1-5-14(15)19(25)26)16-7-3-8-23(16)10-11-24-9-4-12-29(24,27)28/h1-2,5-6,16-17H,3-4,7-13H2. The summed E-state index contributed by atoms with van der Waals surface area (Å²) in [6.45, 7) is 1.39. The van der Waals surface area contributed by atoms with Crippen LogP contribution in [0, 0.1) is 0 Å². The Morgan fingerprint density at radius 1 is 1.14 bits per heavy atom. The first-order valence-electron chi connectivity index (χ1n) is 9.86. The summed E-state index contributed by atoms with van der Waals surface area (Å²) in [6.07, 6.45) is -0.499. The van der Waals surface area contributed by atoms with Gasteiger partial charge in [0, 0.05) is 19.6 Å². The number of rotatable bonds is 6. The molecular weight excluding hydrogens is 402 g/mol. The van der Waals surface area contributed by atoms with Crippen LogP contribution in [-0.2, 0) is 16.6 Å². The van der Waals surface area contributed by atoms with Crippen LogP contribution in [0.4, 0.5) is 8.78 Å². The summed E-state index contributed by atoms with van der Waals surface area (Å²) in [5.74, 6) is 0.520. The molecule has 10 heteroatoms. The first-order chi connectivity index (χ1) is 13.9. The van der Waals surface area contributed by atoms with E-state index in [1.54, 1.807) is 24.3 Å². The maximum absolute atomic E-state index is 13.2. The van der Waals surface area contributed by atoms with Gasteiger partial charge < -0.3 is 0 Å². The third kappa shape index (κ3) is 4.06. The van der Waals surface area contributed by atoms with Gasteiger partial charge in [-0.3, -0.25) is 14.3 Å². The van der Waals surface area contributed by atoms with Crippen molar-refractivity contribution in [3.8, 4) is 0 Å². The van der Waals surface area contributed by atoms with Crippen molar-refractivity contribution in [2.24, 2.45) is 0 Å². The lowest BCUT2D eigenvalue weighted by atomic mass is 10.1. The summed E-state index contributed by atoms with van der Waals surface area (Å²) < 4.78 is 53.1. The predicted molar refractivity (Wildman–Crippen MR) is 106 cm³/mol. The SMILES string of the molecule is O=c1c2ccccc2nc(C2CCCN2CCN2CCCS2(=O)=O)n1CC(F)F. The highest BCUT2D eigenvalue weighted by Gasteiger charge is 2.33. The topological polar surface area (TPSA) is 75.5 Å². The quantitative estimate of drug-likeness (QED) is 0.705. The molecule has 1 aromatic heterocycles. The summed E-state index contributed by atoms with van der Waals surface area (Å²) in [5.41, 5.74) is 0.0341. The van der Waals surface area contributed by atoms with Gasteiger partial charge in [0.1, 0.15) is 5.82 Å². The molecule has 0 amide bonds. The number of alkyl halides is 2. The number of aromatic nitrogens is 2. The highest BCUT2D eigenvalue weighted by molar-refractivity contribution is 7.89. The van der Waals surface area contributed by atoms with E-state index in [2.05, 4.69) is 9.88 Å². The van der Waals surface area contributed by atoms with Gasteiger partial charge in [0.15, 0.2) is 0 Å². The number of para-hydroxylation sites is 1. The van der Waals surface area contributed by atoms with Crippen molar-refractivity contribution in [1.82, 2.24) is 18.8 Å². The first kappa shape index (κ1) is 20.4. The molecule has 2 aliphatic heterocycles. The Labute approximate surface area is 168 Å². The first-order valence-corrected chi connectivity index (χ1v) is 11.5. The van der Waals surface area contributed by atoms with Gasteiger partial charge in [-0.05, 0) is 37.9 Å². The molecule has 0 N–H and O–H groups in total. The zero-order chi connectivity index (χ0) is 20.6. The van der Waals surface area contributed by atoms with Gasteiger partial charge in [-0.25, -0.2) is 26.5 Å². The molecule has 2 aromatic rings. The molecular formula is C19H24F2N4O3S. The number of hydrogen-bond acceptors (Lipinski definition) is 5. The Kier molecular flexibility index (Phi) is 5.67. The van der Waals surface area contributed by atoms with E-state index < -0.39 is 28.6 Å². The summed E-state index contributed by atoms with van der Waals surface area (Å²) in [5, 5.41) is 0.324. The van der Waals surface area contributed by atoms with Crippen molar-refractivity contribution in [2.75, 3.05) is 31.9 Å². The molecule has 158 valence electrons. The molecule has 0 saturated carbocycles. The van der Waals surface area contributed by atoms with Crippen molar-refractivity contribution in [3.05, 3.63) is 40.4 Å². The monoisotopic (exact) mass is 426 g/mol. The Hall–Kier alpha value is -1.91. The molecule has 0 spiro atoms. The number of fused-ring (bicyclic) bond motifs is 1. The van der Waals surface area contributed by atoms with Gasteiger partial charge in [0.25, 0.3) is 12.0 Å². The average molecular weight is 426 g/mol. The number of halogens is 2. The van der Waals surface area contributed by atoms with Crippen molar-refractivity contribution >= 4 is 20.9 Å². The van der Waals surface area contributed by atoms with Gasteiger partial charge in [0.05, 0.1) is 29.2 Å². The van der Waals surface area contributed by atoms with Gasteiger partial charge in [-0.15, -0.1) is 0 Å². The van der Waals surface area contributed by atoms with E-state index in [-0.39, 0.29) is 11.8 Å². The molecule has 2 fully saturated rings. The Morgan fingerprint density at radius 3 is 2.66 bits per heavy atom. The minimum absolute atomic E-state index is 0.177. The van der Waals surface area contributed by atoms with Crippen molar-refractivity contribution in [3.63, 3.8) is 0 Å². The third-order valence-corrected chi connectivity index (χ3v) is 7.67. The summed E-state index contributed by atoms with van der Waals surface area (Å²) >= 11 is 0. The van der Waals surface area contributed by atoms with Crippen LogP contribution >= 0.6 is 0 Å². The lowest BCUT2D eigenvalue weighted by Crippen LogP contribution is -2.38. The Balaban J connectivity index is 1.66. The zero-order valence-corrected chi connectivity index (χ0v) is 16.8. The second-order valence-electron chi connectivity index (χ2n) is 7.56. The molecule has 1 aromatic carbocycles. The van der Waals surface area contributed by atoms with Crippen LogP contribution in [0.1, 0.15) is 31.1 Å². The summed E-state index contributed by atoms with van der Waals surface area (Å²) in [6, 6.07) is 6.48. The predicted octanol–water partition coefficient (Wildman–Crippen LogP) is 1.83. The van der Waals surface area contributed by atoms with E-state index in [0.717, 1.165) is 17.5 Å². The molecule has 29 heavy (non-hydrogen) atoms. The molecule has 2 saturated heterocycles. The van der Waals surface area contributed by atoms with Gasteiger partial charge in [0.2, 0.25) is 10.0 Å². The summed E-state index contributed by atoms with van der Waals surface area (Å²) in [7, 11) is -3.18. The molecule has 2 aliphatic rings. The molecule has 0 aliphatic carbocycles.